The highest BCUT2D eigenvalue weighted by Gasteiger charge is 2.06. The average molecular weight is 395 g/mol. The second-order valence-corrected chi connectivity index (χ2v) is 6.73. The Hall–Kier alpha value is -3.03. The van der Waals surface area contributed by atoms with Gasteiger partial charge in [0.2, 0.25) is 0 Å². The van der Waals surface area contributed by atoms with E-state index in [-0.39, 0.29) is 0 Å². The first-order valence-corrected chi connectivity index (χ1v) is 9.49. The SMILES string of the molecule is CN=C(C=CN)CNSc1ccc(Oc2ccnc3cc(OC)ccc23)cc1. The van der Waals surface area contributed by atoms with Crippen LogP contribution in [0.1, 0.15) is 0 Å². The molecule has 0 amide bonds. The number of aromatic nitrogens is 1. The van der Waals surface area contributed by atoms with Crippen LogP contribution in [0.3, 0.4) is 0 Å². The molecule has 1 heterocycles. The lowest BCUT2D eigenvalue weighted by atomic mass is 10.2. The molecule has 3 aromatic rings. The number of rotatable bonds is 8. The number of fused-ring (bicyclic) bond motifs is 1. The van der Waals surface area contributed by atoms with Crippen LogP contribution in [0.25, 0.3) is 10.9 Å². The van der Waals surface area contributed by atoms with Crippen LogP contribution in [0.5, 0.6) is 17.2 Å². The third-order valence-corrected chi connectivity index (χ3v) is 4.78. The van der Waals surface area contributed by atoms with E-state index in [1.54, 1.807) is 26.4 Å². The third-order valence-electron chi connectivity index (χ3n) is 3.98. The van der Waals surface area contributed by atoms with Gasteiger partial charge in [-0.1, -0.05) is 0 Å². The molecule has 0 spiro atoms. The second kappa shape index (κ2) is 9.77. The normalized spacial score (nSPS) is 11.9. The quantitative estimate of drug-likeness (QED) is 0.441. The monoisotopic (exact) mass is 394 g/mol. The lowest BCUT2D eigenvalue weighted by Crippen LogP contribution is -2.15. The number of aliphatic imine (C=N–C) groups is 1. The zero-order chi connectivity index (χ0) is 19.8. The summed E-state index contributed by atoms with van der Waals surface area (Å²) < 4.78 is 14.6. The van der Waals surface area contributed by atoms with E-state index in [9.17, 15) is 0 Å². The highest BCUT2D eigenvalue weighted by Crippen LogP contribution is 2.31. The molecule has 0 fully saturated rings. The van der Waals surface area contributed by atoms with Crippen LogP contribution >= 0.6 is 11.9 Å². The van der Waals surface area contributed by atoms with Crippen LogP contribution in [-0.2, 0) is 0 Å². The number of benzene rings is 2. The Balaban J connectivity index is 1.65. The minimum Gasteiger partial charge on any atom is -0.497 e. The summed E-state index contributed by atoms with van der Waals surface area (Å²) in [5.74, 6) is 2.28. The fraction of sp³-hybridized carbons (Fsp3) is 0.143. The molecule has 3 N–H and O–H groups in total. The maximum atomic E-state index is 6.06. The number of methoxy groups -OCH3 is 1. The number of hydrogen-bond acceptors (Lipinski definition) is 7. The molecule has 28 heavy (non-hydrogen) atoms. The van der Waals surface area contributed by atoms with Gasteiger partial charge in [0.25, 0.3) is 0 Å². The van der Waals surface area contributed by atoms with Gasteiger partial charge in [0.1, 0.15) is 17.2 Å². The molecule has 0 saturated carbocycles. The average Bonchev–Trinajstić information content (AvgIpc) is 2.74. The van der Waals surface area contributed by atoms with E-state index in [0.717, 1.165) is 38.8 Å². The van der Waals surface area contributed by atoms with Crippen molar-refractivity contribution in [1.82, 2.24) is 9.71 Å². The largest absolute Gasteiger partial charge is 0.497 e. The second-order valence-electron chi connectivity index (χ2n) is 5.76. The summed E-state index contributed by atoms with van der Waals surface area (Å²) in [5.41, 5.74) is 7.11. The first-order chi connectivity index (χ1) is 13.7. The molecule has 0 atom stereocenters. The summed E-state index contributed by atoms with van der Waals surface area (Å²) in [7, 11) is 3.38. The van der Waals surface area contributed by atoms with E-state index in [1.807, 2.05) is 48.5 Å². The zero-order valence-corrected chi connectivity index (χ0v) is 16.6. The summed E-state index contributed by atoms with van der Waals surface area (Å²) in [6.45, 7) is 0.625. The molecule has 3 rings (SSSR count). The smallest absolute Gasteiger partial charge is 0.138 e. The van der Waals surface area contributed by atoms with E-state index < -0.39 is 0 Å². The Bertz CT molecular complexity index is 987. The van der Waals surface area contributed by atoms with Gasteiger partial charge >= 0.3 is 0 Å². The van der Waals surface area contributed by atoms with E-state index >= 15 is 0 Å². The Kier molecular flexibility index (Phi) is 6.89. The number of ether oxygens (including phenoxy) is 2. The van der Waals surface area contributed by atoms with Crippen molar-refractivity contribution in [2.75, 3.05) is 20.7 Å². The molecule has 0 saturated heterocycles. The minimum absolute atomic E-state index is 0.625. The zero-order valence-electron chi connectivity index (χ0n) is 15.8. The van der Waals surface area contributed by atoms with Gasteiger partial charge in [-0.3, -0.25) is 14.7 Å². The van der Waals surface area contributed by atoms with Gasteiger partial charge in [0.05, 0.1) is 18.3 Å². The number of pyridine rings is 1. The lowest BCUT2D eigenvalue weighted by molar-refractivity contribution is 0.415. The van der Waals surface area contributed by atoms with Crippen molar-refractivity contribution >= 4 is 28.6 Å². The highest BCUT2D eigenvalue weighted by atomic mass is 32.2. The van der Waals surface area contributed by atoms with Crippen molar-refractivity contribution in [2.24, 2.45) is 10.7 Å². The highest BCUT2D eigenvalue weighted by molar-refractivity contribution is 7.97. The molecule has 0 bridgehead atoms. The van der Waals surface area contributed by atoms with Crippen LogP contribution in [0.15, 0.2) is 76.9 Å². The van der Waals surface area contributed by atoms with Gasteiger partial charge in [0, 0.05) is 36.1 Å². The van der Waals surface area contributed by atoms with Crippen molar-refractivity contribution < 1.29 is 9.47 Å². The Morgan fingerprint density at radius 1 is 1.18 bits per heavy atom. The first kappa shape index (κ1) is 19.7. The van der Waals surface area contributed by atoms with Crippen LogP contribution in [0.4, 0.5) is 0 Å². The number of nitrogens with one attached hydrogen (secondary N) is 1. The predicted molar refractivity (Wildman–Crippen MR) is 115 cm³/mol. The summed E-state index contributed by atoms with van der Waals surface area (Å²) in [4.78, 5) is 9.60. The van der Waals surface area contributed by atoms with Crippen molar-refractivity contribution in [1.29, 1.82) is 0 Å². The number of hydrogen-bond donors (Lipinski definition) is 2. The lowest BCUT2D eigenvalue weighted by Gasteiger charge is -2.10. The van der Waals surface area contributed by atoms with Crippen molar-refractivity contribution in [2.45, 2.75) is 4.90 Å². The van der Waals surface area contributed by atoms with Gasteiger partial charge in [-0.05, 0) is 66.7 Å². The summed E-state index contributed by atoms with van der Waals surface area (Å²) in [6.07, 6.45) is 4.99. The topological polar surface area (TPSA) is 81.8 Å². The molecule has 0 aliphatic rings. The fourth-order valence-corrected chi connectivity index (χ4v) is 3.20. The Morgan fingerprint density at radius 3 is 2.68 bits per heavy atom. The third kappa shape index (κ3) is 5.03. The van der Waals surface area contributed by atoms with Crippen molar-refractivity contribution in [3.05, 3.63) is 67.0 Å². The summed E-state index contributed by atoms with van der Waals surface area (Å²) in [6, 6.07) is 15.5. The Labute approximate surface area is 168 Å². The molecule has 0 aliphatic carbocycles. The van der Waals surface area contributed by atoms with Crippen molar-refractivity contribution in [3.63, 3.8) is 0 Å². The molecular formula is C21H22N4O2S. The van der Waals surface area contributed by atoms with Crippen molar-refractivity contribution in [3.8, 4) is 17.2 Å². The van der Waals surface area contributed by atoms with Crippen LogP contribution < -0.4 is 19.9 Å². The van der Waals surface area contributed by atoms with Crippen LogP contribution in [-0.4, -0.2) is 31.4 Å². The van der Waals surface area contributed by atoms with E-state index in [2.05, 4.69) is 14.7 Å². The van der Waals surface area contributed by atoms with Gasteiger partial charge in [0.15, 0.2) is 0 Å². The molecular weight excluding hydrogens is 372 g/mol. The van der Waals surface area contributed by atoms with E-state index in [0.29, 0.717) is 6.54 Å². The minimum atomic E-state index is 0.625. The van der Waals surface area contributed by atoms with Gasteiger partial charge in [-0.2, -0.15) is 0 Å². The maximum absolute atomic E-state index is 6.06. The molecule has 7 heteroatoms. The first-order valence-electron chi connectivity index (χ1n) is 8.68. The molecule has 6 nitrogen and oxygen atoms in total. The molecule has 0 unspecified atom stereocenters. The van der Waals surface area contributed by atoms with Crippen LogP contribution in [0, 0.1) is 0 Å². The van der Waals surface area contributed by atoms with Gasteiger partial charge in [-0.15, -0.1) is 0 Å². The predicted octanol–water partition coefficient (Wildman–Crippen LogP) is 4.18. The van der Waals surface area contributed by atoms with Crippen LogP contribution in [0.2, 0.25) is 0 Å². The molecule has 2 aromatic carbocycles. The van der Waals surface area contributed by atoms with E-state index in [1.165, 1.54) is 18.1 Å². The number of nitrogens with zero attached hydrogens (tertiary/aromatic N) is 2. The van der Waals surface area contributed by atoms with Gasteiger partial charge < -0.3 is 15.2 Å². The molecule has 1 aromatic heterocycles. The molecule has 0 radical (unpaired) electrons. The Morgan fingerprint density at radius 2 is 1.96 bits per heavy atom. The van der Waals surface area contributed by atoms with Gasteiger partial charge in [-0.25, -0.2) is 0 Å². The molecule has 0 aliphatic heterocycles. The number of nitrogens with two attached hydrogens (primary N) is 1. The standard InChI is InChI=1S/C21H22N4O2S/c1-23-15(9-11-22)14-25-28-18-6-3-16(4-7-18)27-21-10-12-24-20-13-17(26-2)5-8-19(20)21/h3-13,25H,14,22H2,1-2H3. The molecule has 144 valence electrons. The maximum Gasteiger partial charge on any atom is 0.138 e. The van der Waals surface area contributed by atoms with E-state index in [4.69, 9.17) is 15.2 Å². The summed E-state index contributed by atoms with van der Waals surface area (Å²) >= 11 is 1.53. The summed E-state index contributed by atoms with van der Waals surface area (Å²) in [5, 5.41) is 0.933. The fourth-order valence-electron chi connectivity index (χ4n) is 2.54.